The Labute approximate surface area is 93.3 Å². The molecule has 0 N–H and O–H groups in total. The van der Waals surface area contributed by atoms with Gasteiger partial charge in [-0.05, 0) is 44.1 Å². The highest BCUT2D eigenvalue weighted by Gasteiger charge is 2.35. The summed E-state index contributed by atoms with van der Waals surface area (Å²) in [5, 5.41) is 9.20. The summed E-state index contributed by atoms with van der Waals surface area (Å²) in [4.78, 5) is 2.58. The molecule has 0 bridgehead atoms. The number of hydrogen-bond acceptors (Lipinski definition) is 2. The molecule has 2 aliphatic rings. The lowest BCUT2D eigenvalue weighted by molar-refractivity contribution is 0.126. The van der Waals surface area contributed by atoms with Crippen LogP contribution in [0.3, 0.4) is 0 Å². The second-order valence-corrected chi connectivity index (χ2v) is 5.61. The minimum absolute atomic E-state index is 0.298. The van der Waals surface area contributed by atoms with Gasteiger partial charge in [-0.1, -0.05) is 13.8 Å². The van der Waals surface area contributed by atoms with E-state index in [9.17, 15) is 5.26 Å². The summed E-state index contributed by atoms with van der Waals surface area (Å²) in [6.45, 7) is 7.10. The van der Waals surface area contributed by atoms with Crippen molar-refractivity contribution < 1.29 is 0 Å². The first-order chi connectivity index (χ1) is 7.20. The largest absolute Gasteiger partial charge is 0.299 e. The molecule has 1 saturated carbocycles. The monoisotopic (exact) mass is 206 g/mol. The Hall–Kier alpha value is -0.550. The van der Waals surface area contributed by atoms with Crippen molar-refractivity contribution in [2.45, 2.75) is 45.6 Å². The Kier molecular flexibility index (Phi) is 3.31. The first kappa shape index (κ1) is 11.0. The van der Waals surface area contributed by atoms with Gasteiger partial charge in [0, 0.05) is 12.6 Å². The molecule has 1 aliphatic carbocycles. The van der Waals surface area contributed by atoms with Crippen LogP contribution < -0.4 is 0 Å². The summed E-state index contributed by atoms with van der Waals surface area (Å²) >= 11 is 0. The van der Waals surface area contributed by atoms with Crippen molar-refractivity contribution in [3.63, 3.8) is 0 Å². The van der Waals surface area contributed by atoms with Crippen LogP contribution in [0.15, 0.2) is 0 Å². The fourth-order valence-corrected chi connectivity index (χ4v) is 3.18. The molecule has 0 amide bonds. The molecule has 2 nitrogen and oxygen atoms in total. The number of likely N-dealkylation sites (tertiary alicyclic amines) is 1. The fourth-order valence-electron chi connectivity index (χ4n) is 3.18. The van der Waals surface area contributed by atoms with Crippen molar-refractivity contribution in [2.75, 3.05) is 13.1 Å². The van der Waals surface area contributed by atoms with Crippen molar-refractivity contribution in [2.24, 2.45) is 17.8 Å². The predicted octanol–water partition coefficient (Wildman–Crippen LogP) is 2.66. The van der Waals surface area contributed by atoms with E-state index < -0.39 is 0 Å². The van der Waals surface area contributed by atoms with E-state index in [1.807, 2.05) is 0 Å². The minimum atomic E-state index is 0.298. The zero-order chi connectivity index (χ0) is 10.8. The normalized spacial score (nSPS) is 42.7. The standard InChI is InChI=1S/C13H22N2/c1-10-3-4-12(8-14)13(7-10)15-6-5-11(2)9-15/h10-13H,3-7,9H2,1-2H3. The Morgan fingerprint density at radius 2 is 1.93 bits per heavy atom. The Bertz CT molecular complexity index is 256. The molecule has 0 aromatic rings. The molecule has 0 aromatic heterocycles. The SMILES string of the molecule is CC1CCC(C#N)C(N2CCC(C)C2)C1. The summed E-state index contributed by atoms with van der Waals surface area (Å²) in [6.07, 6.45) is 4.93. The van der Waals surface area contributed by atoms with Gasteiger partial charge in [-0.15, -0.1) is 0 Å². The third-order valence-corrected chi connectivity index (χ3v) is 4.17. The third kappa shape index (κ3) is 2.34. The van der Waals surface area contributed by atoms with Crippen LogP contribution in [0.4, 0.5) is 0 Å². The summed E-state index contributed by atoms with van der Waals surface area (Å²) in [7, 11) is 0. The first-order valence-corrected chi connectivity index (χ1v) is 6.34. The molecule has 4 unspecified atom stereocenters. The van der Waals surface area contributed by atoms with Crippen LogP contribution in [0.2, 0.25) is 0 Å². The van der Waals surface area contributed by atoms with Crippen LogP contribution in [0, 0.1) is 29.1 Å². The molecular formula is C13H22N2. The summed E-state index contributed by atoms with van der Waals surface area (Å²) in [5.74, 6) is 1.95. The molecule has 0 radical (unpaired) electrons. The highest BCUT2D eigenvalue weighted by atomic mass is 15.2. The van der Waals surface area contributed by atoms with E-state index in [1.165, 1.54) is 32.4 Å². The highest BCUT2D eigenvalue weighted by Crippen LogP contribution is 2.34. The second kappa shape index (κ2) is 4.53. The molecule has 0 spiro atoms. The van der Waals surface area contributed by atoms with Gasteiger partial charge in [-0.2, -0.15) is 5.26 Å². The lowest BCUT2D eigenvalue weighted by Crippen LogP contribution is -2.42. The van der Waals surface area contributed by atoms with Gasteiger partial charge in [0.25, 0.3) is 0 Å². The molecule has 84 valence electrons. The molecule has 4 atom stereocenters. The summed E-state index contributed by atoms with van der Waals surface area (Å²) < 4.78 is 0. The molecule has 2 fully saturated rings. The molecule has 1 heterocycles. The van der Waals surface area contributed by atoms with Gasteiger partial charge < -0.3 is 0 Å². The maximum atomic E-state index is 9.20. The zero-order valence-electron chi connectivity index (χ0n) is 9.95. The van der Waals surface area contributed by atoms with Crippen molar-refractivity contribution in [3.8, 4) is 6.07 Å². The van der Waals surface area contributed by atoms with E-state index in [1.54, 1.807) is 0 Å². The smallest absolute Gasteiger partial charge is 0.0672 e. The van der Waals surface area contributed by atoms with E-state index in [-0.39, 0.29) is 0 Å². The number of nitrogens with zero attached hydrogens (tertiary/aromatic N) is 2. The van der Waals surface area contributed by atoms with Crippen molar-refractivity contribution >= 4 is 0 Å². The second-order valence-electron chi connectivity index (χ2n) is 5.61. The maximum Gasteiger partial charge on any atom is 0.0672 e. The van der Waals surface area contributed by atoms with Crippen LogP contribution in [0.25, 0.3) is 0 Å². The van der Waals surface area contributed by atoms with Crippen LogP contribution in [0.1, 0.15) is 39.5 Å². The van der Waals surface area contributed by atoms with Crippen molar-refractivity contribution in [1.82, 2.24) is 4.90 Å². The van der Waals surface area contributed by atoms with Gasteiger partial charge in [-0.25, -0.2) is 0 Å². The number of nitriles is 1. The van der Waals surface area contributed by atoms with Crippen LogP contribution in [-0.4, -0.2) is 24.0 Å². The predicted molar refractivity (Wildman–Crippen MR) is 61.3 cm³/mol. The van der Waals surface area contributed by atoms with E-state index in [0.29, 0.717) is 12.0 Å². The van der Waals surface area contributed by atoms with Crippen LogP contribution in [0.5, 0.6) is 0 Å². The fraction of sp³-hybridized carbons (Fsp3) is 0.923. The lowest BCUT2D eigenvalue weighted by Gasteiger charge is -2.37. The molecule has 0 aromatic carbocycles. The van der Waals surface area contributed by atoms with Gasteiger partial charge in [0.15, 0.2) is 0 Å². The Morgan fingerprint density at radius 3 is 2.53 bits per heavy atom. The van der Waals surface area contributed by atoms with Crippen molar-refractivity contribution in [1.29, 1.82) is 5.26 Å². The van der Waals surface area contributed by atoms with Gasteiger partial charge in [-0.3, -0.25) is 4.90 Å². The quantitative estimate of drug-likeness (QED) is 0.659. The van der Waals surface area contributed by atoms with Gasteiger partial charge >= 0.3 is 0 Å². The summed E-state index contributed by atoms with van der Waals surface area (Å²) in [6, 6.07) is 3.08. The Morgan fingerprint density at radius 1 is 1.13 bits per heavy atom. The number of hydrogen-bond donors (Lipinski definition) is 0. The molecular weight excluding hydrogens is 184 g/mol. The van der Waals surface area contributed by atoms with Gasteiger partial charge in [0.1, 0.15) is 0 Å². The lowest BCUT2D eigenvalue weighted by atomic mass is 9.79. The first-order valence-electron chi connectivity index (χ1n) is 6.34. The van der Waals surface area contributed by atoms with E-state index in [2.05, 4.69) is 24.8 Å². The van der Waals surface area contributed by atoms with Crippen molar-refractivity contribution in [3.05, 3.63) is 0 Å². The molecule has 2 rings (SSSR count). The minimum Gasteiger partial charge on any atom is -0.299 e. The molecule has 15 heavy (non-hydrogen) atoms. The maximum absolute atomic E-state index is 9.20. The highest BCUT2D eigenvalue weighted by molar-refractivity contribution is 4.98. The Balaban J connectivity index is 2.01. The summed E-state index contributed by atoms with van der Waals surface area (Å²) in [5.41, 5.74) is 0. The molecule has 1 saturated heterocycles. The topological polar surface area (TPSA) is 27.0 Å². The zero-order valence-corrected chi connectivity index (χ0v) is 9.95. The van der Waals surface area contributed by atoms with Crippen LogP contribution >= 0.6 is 0 Å². The van der Waals surface area contributed by atoms with E-state index in [0.717, 1.165) is 18.3 Å². The third-order valence-electron chi connectivity index (χ3n) is 4.17. The van der Waals surface area contributed by atoms with E-state index in [4.69, 9.17) is 0 Å². The van der Waals surface area contributed by atoms with Gasteiger partial charge in [0.05, 0.1) is 12.0 Å². The molecule has 1 aliphatic heterocycles. The average molecular weight is 206 g/mol. The number of rotatable bonds is 1. The van der Waals surface area contributed by atoms with Crippen LogP contribution in [-0.2, 0) is 0 Å². The van der Waals surface area contributed by atoms with Gasteiger partial charge in [0.2, 0.25) is 0 Å². The average Bonchev–Trinajstić information content (AvgIpc) is 2.65. The molecule has 2 heteroatoms. The van der Waals surface area contributed by atoms with E-state index >= 15 is 0 Å².